The number of halogens is 4. The summed E-state index contributed by atoms with van der Waals surface area (Å²) in [7, 11) is 1.44. The molecule has 0 bridgehead atoms. The first-order chi connectivity index (χ1) is 6.89. The molecule has 2 rings (SSSR count). The van der Waals surface area contributed by atoms with E-state index in [0.717, 1.165) is 18.3 Å². The monoisotopic (exact) mass is 218 g/mol. The van der Waals surface area contributed by atoms with Gasteiger partial charge in [-0.1, -0.05) is 0 Å². The molecule has 0 atom stereocenters. The molecule has 2 aromatic heterocycles. The van der Waals surface area contributed by atoms with Gasteiger partial charge < -0.3 is 4.57 Å². The van der Waals surface area contributed by atoms with Crippen molar-refractivity contribution in [3.8, 4) is 0 Å². The fourth-order valence-corrected chi connectivity index (χ4v) is 1.36. The first kappa shape index (κ1) is 9.95. The van der Waals surface area contributed by atoms with E-state index in [-0.39, 0.29) is 11.0 Å². The van der Waals surface area contributed by atoms with E-state index in [0.29, 0.717) is 0 Å². The lowest BCUT2D eigenvalue weighted by Crippen LogP contribution is -2.08. The predicted octanol–water partition coefficient (Wildman–Crippen LogP) is 2.73. The molecule has 0 fully saturated rings. The van der Waals surface area contributed by atoms with Crippen molar-refractivity contribution in [1.82, 2.24) is 9.55 Å². The van der Waals surface area contributed by atoms with Gasteiger partial charge in [0.1, 0.15) is 17.2 Å². The average Bonchev–Trinajstić information content (AvgIpc) is 2.41. The molecule has 0 aliphatic rings. The fraction of sp³-hybridized carbons (Fsp3) is 0.222. The lowest BCUT2D eigenvalue weighted by Gasteiger charge is -2.05. The van der Waals surface area contributed by atoms with Gasteiger partial charge in [-0.3, -0.25) is 0 Å². The molecule has 0 N–H and O–H groups in total. The molecule has 0 aromatic carbocycles. The van der Waals surface area contributed by atoms with Gasteiger partial charge in [0.25, 0.3) is 0 Å². The molecule has 15 heavy (non-hydrogen) atoms. The van der Waals surface area contributed by atoms with E-state index in [4.69, 9.17) is 0 Å². The summed E-state index contributed by atoms with van der Waals surface area (Å²) in [5.74, 6) is -0.575. The maximum atomic E-state index is 13.1. The highest BCUT2D eigenvalue weighted by atomic mass is 19.4. The second-order valence-corrected chi connectivity index (χ2v) is 3.15. The Morgan fingerprint density at radius 2 is 1.93 bits per heavy atom. The number of alkyl halides is 3. The summed E-state index contributed by atoms with van der Waals surface area (Å²) in [6.07, 6.45) is -3.41. The van der Waals surface area contributed by atoms with Crippen molar-refractivity contribution >= 4 is 11.0 Å². The Hall–Kier alpha value is -1.59. The summed E-state index contributed by atoms with van der Waals surface area (Å²) in [6, 6.07) is 1.85. The number of nitrogens with zero attached hydrogens (tertiary/aromatic N) is 2. The number of aromatic nitrogens is 2. The van der Waals surface area contributed by atoms with Crippen molar-refractivity contribution in [3.05, 3.63) is 29.8 Å². The molecule has 2 aromatic rings. The van der Waals surface area contributed by atoms with Crippen molar-refractivity contribution in [1.29, 1.82) is 0 Å². The highest BCUT2D eigenvalue weighted by Gasteiger charge is 2.32. The number of hydrogen-bond donors (Lipinski definition) is 0. The molecule has 2 heterocycles. The van der Waals surface area contributed by atoms with Crippen LogP contribution >= 0.6 is 0 Å². The summed E-state index contributed by atoms with van der Waals surface area (Å²) < 4.78 is 51.2. The van der Waals surface area contributed by atoms with Crippen LogP contribution in [0.5, 0.6) is 0 Å². The van der Waals surface area contributed by atoms with Crippen molar-refractivity contribution < 1.29 is 17.6 Å². The van der Waals surface area contributed by atoms with Crippen LogP contribution in [0.1, 0.15) is 5.69 Å². The smallest absolute Gasteiger partial charge is 0.333 e. The standard InChI is InChI=1S/C9H6F4N2/c1-15-4-6(10)5-2-3-7(9(11,12)13)14-8(5)15/h2-4H,1H3. The van der Waals surface area contributed by atoms with Crippen LogP contribution in [0.25, 0.3) is 11.0 Å². The van der Waals surface area contributed by atoms with E-state index in [2.05, 4.69) is 4.98 Å². The average molecular weight is 218 g/mol. The van der Waals surface area contributed by atoms with E-state index in [1.807, 2.05) is 0 Å². The molecule has 80 valence electrons. The second kappa shape index (κ2) is 2.95. The lowest BCUT2D eigenvalue weighted by molar-refractivity contribution is -0.141. The summed E-state index contributed by atoms with van der Waals surface area (Å²) in [5, 5.41) is 0.0884. The zero-order valence-electron chi connectivity index (χ0n) is 7.64. The molecule has 0 amide bonds. The molecule has 0 radical (unpaired) electrons. The van der Waals surface area contributed by atoms with Crippen LogP contribution in [0.15, 0.2) is 18.3 Å². The van der Waals surface area contributed by atoms with Crippen LogP contribution in [0.2, 0.25) is 0 Å². The van der Waals surface area contributed by atoms with Gasteiger partial charge >= 0.3 is 6.18 Å². The quantitative estimate of drug-likeness (QED) is 0.621. The van der Waals surface area contributed by atoms with Gasteiger partial charge in [-0.05, 0) is 12.1 Å². The molecule has 0 saturated carbocycles. The summed E-state index contributed by atoms with van der Waals surface area (Å²) >= 11 is 0. The van der Waals surface area contributed by atoms with Crippen LogP contribution in [0, 0.1) is 5.82 Å². The summed E-state index contributed by atoms with van der Waals surface area (Å²) in [5.41, 5.74) is -1.03. The number of fused-ring (bicyclic) bond motifs is 1. The summed E-state index contributed by atoms with van der Waals surface area (Å²) in [4.78, 5) is 3.36. The van der Waals surface area contributed by atoms with Crippen molar-refractivity contribution in [2.75, 3.05) is 0 Å². The van der Waals surface area contributed by atoms with Gasteiger partial charge in [0, 0.05) is 13.2 Å². The lowest BCUT2D eigenvalue weighted by atomic mass is 10.3. The minimum atomic E-state index is -4.51. The van der Waals surface area contributed by atoms with Gasteiger partial charge in [0.2, 0.25) is 0 Å². The van der Waals surface area contributed by atoms with Crippen LogP contribution < -0.4 is 0 Å². The highest BCUT2D eigenvalue weighted by molar-refractivity contribution is 5.77. The zero-order chi connectivity index (χ0) is 11.2. The topological polar surface area (TPSA) is 17.8 Å². The van der Waals surface area contributed by atoms with Crippen LogP contribution in [0.3, 0.4) is 0 Å². The molecule has 0 unspecified atom stereocenters. The van der Waals surface area contributed by atoms with Gasteiger partial charge in [0.05, 0.1) is 5.39 Å². The van der Waals surface area contributed by atoms with Crippen LogP contribution in [0.4, 0.5) is 17.6 Å². The van der Waals surface area contributed by atoms with Gasteiger partial charge in [-0.2, -0.15) is 13.2 Å². The Labute approximate surface area is 82.1 Å². The molecule has 0 aliphatic heterocycles. The van der Waals surface area contributed by atoms with Crippen LogP contribution in [-0.4, -0.2) is 9.55 Å². The largest absolute Gasteiger partial charge is 0.433 e. The normalized spacial score (nSPS) is 12.3. The first-order valence-corrected chi connectivity index (χ1v) is 4.08. The first-order valence-electron chi connectivity index (χ1n) is 4.08. The maximum Gasteiger partial charge on any atom is 0.433 e. The van der Waals surface area contributed by atoms with Crippen molar-refractivity contribution in [3.63, 3.8) is 0 Å². The number of rotatable bonds is 0. The highest BCUT2D eigenvalue weighted by Crippen LogP contribution is 2.29. The molecule has 0 saturated heterocycles. The van der Waals surface area contributed by atoms with E-state index in [1.165, 1.54) is 11.6 Å². The molecule has 0 spiro atoms. The number of pyridine rings is 1. The van der Waals surface area contributed by atoms with Gasteiger partial charge in [-0.25, -0.2) is 9.37 Å². The van der Waals surface area contributed by atoms with Gasteiger partial charge in [-0.15, -0.1) is 0 Å². The molecule has 0 aliphatic carbocycles. The zero-order valence-corrected chi connectivity index (χ0v) is 7.64. The molecule has 6 heteroatoms. The van der Waals surface area contributed by atoms with E-state index >= 15 is 0 Å². The third kappa shape index (κ3) is 1.55. The Balaban J connectivity index is 2.71. The second-order valence-electron chi connectivity index (χ2n) is 3.15. The fourth-order valence-electron chi connectivity index (χ4n) is 1.36. The van der Waals surface area contributed by atoms with Crippen LogP contribution in [-0.2, 0) is 13.2 Å². The van der Waals surface area contributed by atoms with E-state index in [1.54, 1.807) is 0 Å². The maximum absolute atomic E-state index is 13.1. The Bertz CT molecular complexity index is 513. The molecular formula is C9H6F4N2. The number of hydrogen-bond acceptors (Lipinski definition) is 1. The molecular weight excluding hydrogens is 212 g/mol. The molecule has 2 nitrogen and oxygen atoms in total. The van der Waals surface area contributed by atoms with E-state index in [9.17, 15) is 17.6 Å². The Morgan fingerprint density at radius 1 is 1.27 bits per heavy atom. The van der Waals surface area contributed by atoms with Gasteiger partial charge in [0.15, 0.2) is 0 Å². The Morgan fingerprint density at radius 3 is 2.53 bits per heavy atom. The third-order valence-corrected chi connectivity index (χ3v) is 2.06. The Kier molecular flexibility index (Phi) is 1.95. The number of aryl methyl sites for hydroxylation is 1. The SMILES string of the molecule is Cn1cc(F)c2ccc(C(F)(F)F)nc21. The van der Waals surface area contributed by atoms with E-state index < -0.39 is 17.7 Å². The minimum Gasteiger partial charge on any atom is -0.333 e. The minimum absolute atomic E-state index is 0.0117. The summed E-state index contributed by atoms with van der Waals surface area (Å²) in [6.45, 7) is 0. The van der Waals surface area contributed by atoms with Crippen molar-refractivity contribution in [2.45, 2.75) is 6.18 Å². The van der Waals surface area contributed by atoms with Crippen molar-refractivity contribution in [2.24, 2.45) is 7.05 Å². The predicted molar refractivity (Wildman–Crippen MR) is 45.7 cm³/mol. The third-order valence-electron chi connectivity index (χ3n) is 2.06.